The minimum absolute atomic E-state index is 0.242. The highest BCUT2D eigenvalue weighted by Gasteiger charge is 2.12. The van der Waals surface area contributed by atoms with Gasteiger partial charge in [0.2, 0.25) is 0 Å². The Balaban J connectivity index is 2.97. The number of halogens is 2. The summed E-state index contributed by atoms with van der Waals surface area (Å²) in [6, 6.07) is 3.37. The Morgan fingerprint density at radius 2 is 1.86 bits per heavy atom. The highest BCUT2D eigenvalue weighted by Crippen LogP contribution is 2.15. The van der Waals surface area contributed by atoms with Crippen LogP contribution in [0.4, 0.5) is 8.78 Å². The van der Waals surface area contributed by atoms with Crippen molar-refractivity contribution < 1.29 is 18.7 Å². The standard InChI is InChI=1S/C10H8F2O2/c1-6(10(13)14)5-7-8(11)3-2-4-9(7)12/h2-4H,1,5H2,(H,13,14). The molecule has 14 heavy (non-hydrogen) atoms. The molecule has 0 aromatic heterocycles. The number of hydrogen-bond acceptors (Lipinski definition) is 1. The molecule has 0 atom stereocenters. The third-order valence-electron chi connectivity index (χ3n) is 1.75. The van der Waals surface area contributed by atoms with E-state index >= 15 is 0 Å². The summed E-state index contributed by atoms with van der Waals surface area (Å²) >= 11 is 0. The fourth-order valence-electron chi connectivity index (χ4n) is 0.990. The maximum atomic E-state index is 13.0. The highest BCUT2D eigenvalue weighted by molar-refractivity contribution is 5.86. The number of aliphatic carboxylic acids is 1. The van der Waals surface area contributed by atoms with E-state index in [9.17, 15) is 13.6 Å². The van der Waals surface area contributed by atoms with Gasteiger partial charge in [-0.25, -0.2) is 13.6 Å². The first-order valence-electron chi connectivity index (χ1n) is 3.86. The Morgan fingerprint density at radius 1 is 1.36 bits per heavy atom. The predicted octanol–water partition coefficient (Wildman–Crippen LogP) is 2.15. The van der Waals surface area contributed by atoms with E-state index in [2.05, 4.69) is 6.58 Å². The van der Waals surface area contributed by atoms with Crippen LogP contribution in [0, 0.1) is 11.6 Å². The lowest BCUT2D eigenvalue weighted by Crippen LogP contribution is -2.05. The Kier molecular flexibility index (Phi) is 2.96. The normalized spacial score (nSPS) is 9.86. The molecule has 1 rings (SSSR count). The molecule has 0 unspecified atom stereocenters. The summed E-state index contributed by atoms with van der Waals surface area (Å²) in [5.41, 5.74) is -0.506. The van der Waals surface area contributed by atoms with Crippen LogP contribution in [0.15, 0.2) is 30.4 Å². The molecule has 0 amide bonds. The first-order chi connectivity index (χ1) is 6.52. The van der Waals surface area contributed by atoms with Crippen molar-refractivity contribution in [1.82, 2.24) is 0 Å². The fourth-order valence-corrected chi connectivity index (χ4v) is 0.990. The van der Waals surface area contributed by atoms with E-state index in [4.69, 9.17) is 5.11 Å². The zero-order chi connectivity index (χ0) is 10.7. The molecule has 0 fully saturated rings. The maximum Gasteiger partial charge on any atom is 0.331 e. The Hall–Kier alpha value is -1.71. The van der Waals surface area contributed by atoms with Crippen LogP contribution in [0.3, 0.4) is 0 Å². The van der Waals surface area contributed by atoms with Crippen molar-refractivity contribution in [2.45, 2.75) is 6.42 Å². The Labute approximate surface area is 79.5 Å². The van der Waals surface area contributed by atoms with Crippen molar-refractivity contribution in [3.63, 3.8) is 0 Å². The molecular formula is C10H8F2O2. The van der Waals surface area contributed by atoms with Gasteiger partial charge in [0.1, 0.15) is 11.6 Å². The van der Waals surface area contributed by atoms with Gasteiger partial charge in [-0.3, -0.25) is 0 Å². The summed E-state index contributed by atoms with van der Waals surface area (Å²) in [5, 5.41) is 8.48. The summed E-state index contributed by atoms with van der Waals surface area (Å²) in [7, 11) is 0. The number of carboxylic acids is 1. The highest BCUT2D eigenvalue weighted by atomic mass is 19.1. The molecule has 0 aliphatic heterocycles. The van der Waals surface area contributed by atoms with E-state index in [0.717, 1.165) is 12.1 Å². The number of benzene rings is 1. The van der Waals surface area contributed by atoms with Gasteiger partial charge in [0.25, 0.3) is 0 Å². The monoisotopic (exact) mass is 198 g/mol. The molecule has 1 aromatic rings. The topological polar surface area (TPSA) is 37.3 Å². The minimum Gasteiger partial charge on any atom is -0.478 e. The van der Waals surface area contributed by atoms with E-state index in [1.165, 1.54) is 6.07 Å². The second kappa shape index (κ2) is 4.00. The van der Waals surface area contributed by atoms with Crippen molar-refractivity contribution in [2.75, 3.05) is 0 Å². The van der Waals surface area contributed by atoms with E-state index < -0.39 is 17.6 Å². The smallest absolute Gasteiger partial charge is 0.331 e. The molecule has 1 N–H and O–H groups in total. The molecule has 0 aliphatic carbocycles. The third-order valence-corrected chi connectivity index (χ3v) is 1.75. The largest absolute Gasteiger partial charge is 0.478 e. The van der Waals surface area contributed by atoms with E-state index in [0.29, 0.717) is 0 Å². The first-order valence-corrected chi connectivity index (χ1v) is 3.86. The van der Waals surface area contributed by atoms with E-state index in [-0.39, 0.29) is 17.6 Å². The number of carboxylic acid groups (broad SMARTS) is 1. The zero-order valence-corrected chi connectivity index (χ0v) is 7.26. The predicted molar refractivity (Wildman–Crippen MR) is 46.8 cm³/mol. The molecule has 0 aliphatic rings. The lowest BCUT2D eigenvalue weighted by molar-refractivity contribution is -0.132. The quantitative estimate of drug-likeness (QED) is 0.755. The second-order valence-electron chi connectivity index (χ2n) is 2.79. The summed E-state index contributed by atoms with van der Waals surface area (Å²) in [5.74, 6) is -2.77. The molecular weight excluding hydrogens is 190 g/mol. The van der Waals surface area contributed by atoms with Gasteiger partial charge in [-0.05, 0) is 12.1 Å². The lowest BCUT2D eigenvalue weighted by atomic mass is 10.1. The number of carbonyl (C=O) groups is 1. The van der Waals surface area contributed by atoms with Gasteiger partial charge in [0.05, 0.1) is 0 Å². The molecule has 1 aromatic carbocycles. The fraction of sp³-hybridized carbons (Fsp3) is 0.100. The van der Waals surface area contributed by atoms with Crippen molar-refractivity contribution in [3.8, 4) is 0 Å². The summed E-state index contributed by atoms with van der Waals surface area (Å²) in [4.78, 5) is 10.4. The lowest BCUT2D eigenvalue weighted by Gasteiger charge is -2.03. The average molecular weight is 198 g/mol. The minimum atomic E-state index is -1.26. The second-order valence-corrected chi connectivity index (χ2v) is 2.79. The van der Waals surface area contributed by atoms with Crippen LogP contribution in [-0.4, -0.2) is 11.1 Å². The average Bonchev–Trinajstić information content (AvgIpc) is 2.11. The number of rotatable bonds is 3. The summed E-state index contributed by atoms with van der Waals surface area (Å²) in [6.07, 6.45) is -0.326. The van der Waals surface area contributed by atoms with Crippen LogP contribution in [0.25, 0.3) is 0 Å². The first kappa shape index (κ1) is 10.4. The zero-order valence-electron chi connectivity index (χ0n) is 7.26. The van der Waals surface area contributed by atoms with Crippen molar-refractivity contribution in [3.05, 3.63) is 47.5 Å². The van der Waals surface area contributed by atoms with Gasteiger partial charge in [-0.1, -0.05) is 12.6 Å². The van der Waals surface area contributed by atoms with Gasteiger partial charge in [-0.15, -0.1) is 0 Å². The molecule has 4 heteroatoms. The summed E-state index contributed by atoms with van der Waals surface area (Å²) in [6.45, 7) is 3.20. The number of hydrogen-bond donors (Lipinski definition) is 1. The molecule has 2 nitrogen and oxygen atoms in total. The van der Waals surface area contributed by atoms with Gasteiger partial charge >= 0.3 is 5.97 Å². The molecule has 0 heterocycles. The van der Waals surface area contributed by atoms with Gasteiger partial charge in [0, 0.05) is 17.6 Å². The Morgan fingerprint density at radius 3 is 2.29 bits per heavy atom. The van der Waals surface area contributed by atoms with Crippen LogP contribution in [0.1, 0.15) is 5.56 Å². The summed E-state index contributed by atoms with van der Waals surface area (Å²) < 4.78 is 26.0. The Bertz CT molecular complexity index is 365. The van der Waals surface area contributed by atoms with Gasteiger partial charge < -0.3 is 5.11 Å². The van der Waals surface area contributed by atoms with Crippen molar-refractivity contribution in [2.24, 2.45) is 0 Å². The van der Waals surface area contributed by atoms with Crippen LogP contribution in [0.5, 0.6) is 0 Å². The molecule has 74 valence electrons. The van der Waals surface area contributed by atoms with Gasteiger partial charge in [-0.2, -0.15) is 0 Å². The molecule has 0 bridgehead atoms. The van der Waals surface area contributed by atoms with Crippen molar-refractivity contribution in [1.29, 1.82) is 0 Å². The van der Waals surface area contributed by atoms with Crippen LogP contribution in [0.2, 0.25) is 0 Å². The molecule has 0 radical (unpaired) electrons. The van der Waals surface area contributed by atoms with Gasteiger partial charge in [0.15, 0.2) is 0 Å². The molecule has 0 saturated heterocycles. The van der Waals surface area contributed by atoms with E-state index in [1.807, 2.05) is 0 Å². The van der Waals surface area contributed by atoms with Crippen LogP contribution >= 0.6 is 0 Å². The molecule has 0 spiro atoms. The van der Waals surface area contributed by atoms with Crippen LogP contribution in [-0.2, 0) is 11.2 Å². The molecule has 0 saturated carbocycles. The maximum absolute atomic E-state index is 13.0. The SMILES string of the molecule is C=C(Cc1c(F)cccc1F)C(=O)O. The van der Waals surface area contributed by atoms with Crippen molar-refractivity contribution >= 4 is 5.97 Å². The van der Waals surface area contributed by atoms with Crippen LogP contribution < -0.4 is 0 Å². The van der Waals surface area contributed by atoms with E-state index in [1.54, 1.807) is 0 Å². The third kappa shape index (κ3) is 2.16.